The van der Waals surface area contributed by atoms with Gasteiger partial charge in [-0.1, -0.05) is 37.9 Å². The minimum Gasteiger partial charge on any atom is -0.388 e. The first kappa shape index (κ1) is 15.2. The molecule has 1 unspecified atom stereocenters. The molecule has 0 aliphatic heterocycles. The molecule has 1 aromatic carbocycles. The van der Waals surface area contributed by atoms with Gasteiger partial charge in [-0.3, -0.25) is 4.68 Å². The highest BCUT2D eigenvalue weighted by Crippen LogP contribution is 2.31. The Balaban J connectivity index is 2.28. The van der Waals surface area contributed by atoms with Crippen molar-refractivity contribution >= 4 is 47.8 Å². The molecule has 2 aromatic rings. The third-order valence-corrected chi connectivity index (χ3v) is 5.18. The van der Waals surface area contributed by atoms with Crippen LogP contribution in [-0.2, 0) is 13.5 Å². The Hall–Kier alpha value is -0.170. The zero-order valence-corrected chi connectivity index (χ0v) is 15.3. The zero-order chi connectivity index (χ0) is 14.2. The summed E-state index contributed by atoms with van der Waals surface area (Å²) in [5, 5.41) is 14.7. The number of benzene rings is 1. The van der Waals surface area contributed by atoms with Crippen molar-refractivity contribution in [2.75, 3.05) is 0 Å². The number of hydrogen-bond donors (Lipinski definition) is 1. The molecule has 1 atom stereocenters. The summed E-state index contributed by atoms with van der Waals surface area (Å²) in [6, 6.07) is 5.77. The Morgan fingerprint density at radius 2 is 2.00 bits per heavy atom. The average Bonchev–Trinajstić information content (AvgIpc) is 2.56. The van der Waals surface area contributed by atoms with E-state index in [4.69, 9.17) is 0 Å². The van der Waals surface area contributed by atoms with Crippen LogP contribution >= 0.6 is 47.8 Å². The van der Waals surface area contributed by atoms with E-state index in [0.29, 0.717) is 6.42 Å². The fourth-order valence-corrected chi connectivity index (χ4v) is 3.78. The van der Waals surface area contributed by atoms with Gasteiger partial charge in [0, 0.05) is 22.4 Å². The molecule has 102 valence electrons. The highest BCUT2D eigenvalue weighted by Gasteiger charge is 2.18. The fraction of sp³-hybridized carbons (Fsp3) is 0.308. The molecule has 0 bridgehead atoms. The van der Waals surface area contributed by atoms with E-state index in [9.17, 15) is 5.11 Å². The van der Waals surface area contributed by atoms with Crippen LogP contribution in [0.4, 0.5) is 0 Å². The van der Waals surface area contributed by atoms with Crippen LogP contribution in [-0.4, -0.2) is 14.9 Å². The fourth-order valence-electron chi connectivity index (χ4n) is 1.97. The molecule has 0 amide bonds. The van der Waals surface area contributed by atoms with Crippen molar-refractivity contribution in [1.29, 1.82) is 0 Å². The highest BCUT2D eigenvalue weighted by molar-refractivity contribution is 9.11. The van der Waals surface area contributed by atoms with Gasteiger partial charge in [0.05, 0.1) is 22.0 Å². The number of nitrogens with zero attached hydrogens (tertiary/aromatic N) is 2. The van der Waals surface area contributed by atoms with E-state index >= 15 is 0 Å². The minimum atomic E-state index is -0.575. The topological polar surface area (TPSA) is 38.0 Å². The number of halogens is 3. The van der Waals surface area contributed by atoms with Crippen molar-refractivity contribution in [3.63, 3.8) is 0 Å². The quantitative estimate of drug-likeness (QED) is 0.754. The van der Waals surface area contributed by atoms with E-state index < -0.39 is 6.10 Å². The van der Waals surface area contributed by atoms with Crippen molar-refractivity contribution < 1.29 is 5.11 Å². The third kappa shape index (κ3) is 3.29. The number of aliphatic hydroxyl groups excluding tert-OH is 1. The van der Waals surface area contributed by atoms with Crippen LogP contribution < -0.4 is 0 Å². The smallest absolute Gasteiger partial charge is 0.0856 e. The monoisotopic (exact) mass is 450 g/mol. The average molecular weight is 453 g/mol. The number of hydrogen-bond acceptors (Lipinski definition) is 2. The van der Waals surface area contributed by atoms with E-state index in [1.165, 1.54) is 0 Å². The maximum Gasteiger partial charge on any atom is 0.0856 e. The Kier molecular flexibility index (Phi) is 4.87. The van der Waals surface area contributed by atoms with Gasteiger partial charge in [0.1, 0.15) is 0 Å². The molecular weight excluding hydrogens is 440 g/mol. The minimum absolute atomic E-state index is 0.512. The van der Waals surface area contributed by atoms with Gasteiger partial charge in [0.2, 0.25) is 0 Å². The van der Waals surface area contributed by atoms with Crippen LogP contribution in [0.25, 0.3) is 0 Å². The predicted molar refractivity (Wildman–Crippen MR) is 86.2 cm³/mol. The lowest BCUT2D eigenvalue weighted by Crippen LogP contribution is -2.07. The second-order valence-electron chi connectivity index (χ2n) is 4.36. The van der Waals surface area contributed by atoms with E-state index in [1.807, 2.05) is 32.2 Å². The van der Waals surface area contributed by atoms with E-state index in [1.54, 1.807) is 4.68 Å². The van der Waals surface area contributed by atoms with E-state index in [0.717, 1.165) is 30.4 Å². The van der Waals surface area contributed by atoms with Crippen LogP contribution in [0.3, 0.4) is 0 Å². The van der Waals surface area contributed by atoms with Gasteiger partial charge >= 0.3 is 0 Å². The first-order chi connectivity index (χ1) is 8.90. The summed E-state index contributed by atoms with van der Waals surface area (Å²) in [7, 11) is 1.89. The molecular formula is C13H13Br3N2O. The Bertz CT molecular complexity index is 610. The number of aromatic nitrogens is 2. The molecule has 19 heavy (non-hydrogen) atoms. The molecule has 0 saturated heterocycles. The number of aryl methyl sites for hydroxylation is 2. The van der Waals surface area contributed by atoms with Crippen LogP contribution in [0.2, 0.25) is 0 Å². The summed E-state index contributed by atoms with van der Waals surface area (Å²) in [4.78, 5) is 0. The Labute approximate surface area is 137 Å². The van der Waals surface area contributed by atoms with E-state index in [-0.39, 0.29) is 0 Å². The van der Waals surface area contributed by atoms with Gasteiger partial charge in [-0.25, -0.2) is 0 Å². The lowest BCUT2D eigenvalue weighted by Gasteiger charge is -2.14. The van der Waals surface area contributed by atoms with Gasteiger partial charge in [-0.2, -0.15) is 5.10 Å². The van der Waals surface area contributed by atoms with Crippen molar-refractivity contribution in [3.05, 3.63) is 48.6 Å². The molecule has 0 aliphatic rings. The Morgan fingerprint density at radius 1 is 1.32 bits per heavy atom. The van der Waals surface area contributed by atoms with Gasteiger partial charge in [0.15, 0.2) is 0 Å². The predicted octanol–water partition coefficient (Wildman–Crippen LogP) is 4.29. The van der Waals surface area contributed by atoms with Crippen molar-refractivity contribution in [2.45, 2.75) is 19.4 Å². The molecule has 0 fully saturated rings. The van der Waals surface area contributed by atoms with Crippen LogP contribution in [0.1, 0.15) is 23.1 Å². The standard InChI is InChI=1S/C13H13Br3N2O/c1-7-13(16)11(18(2)17-7)6-12(19)9-4-3-8(14)5-10(9)15/h3-5,12,19H,6H2,1-2H3. The van der Waals surface area contributed by atoms with Crippen molar-refractivity contribution in [1.82, 2.24) is 9.78 Å². The normalized spacial score (nSPS) is 12.7. The Morgan fingerprint density at radius 3 is 2.53 bits per heavy atom. The van der Waals surface area contributed by atoms with Gasteiger partial charge in [-0.15, -0.1) is 0 Å². The molecule has 0 saturated carbocycles. The molecule has 1 N–H and O–H groups in total. The summed E-state index contributed by atoms with van der Waals surface area (Å²) in [6.45, 7) is 1.94. The van der Waals surface area contributed by atoms with E-state index in [2.05, 4.69) is 52.9 Å². The SMILES string of the molecule is Cc1nn(C)c(CC(O)c2ccc(Br)cc2Br)c1Br. The number of aliphatic hydroxyl groups is 1. The number of rotatable bonds is 3. The summed E-state index contributed by atoms with van der Waals surface area (Å²) in [5.41, 5.74) is 2.79. The van der Waals surface area contributed by atoms with Crippen molar-refractivity contribution in [2.24, 2.45) is 7.05 Å². The molecule has 6 heteroatoms. The highest BCUT2D eigenvalue weighted by atomic mass is 79.9. The summed E-state index contributed by atoms with van der Waals surface area (Å²) >= 11 is 10.4. The van der Waals surface area contributed by atoms with Gasteiger partial charge in [0.25, 0.3) is 0 Å². The van der Waals surface area contributed by atoms with Crippen LogP contribution in [0, 0.1) is 6.92 Å². The third-order valence-electron chi connectivity index (χ3n) is 2.97. The summed E-state index contributed by atoms with van der Waals surface area (Å²) < 4.78 is 4.63. The molecule has 1 heterocycles. The molecule has 0 radical (unpaired) electrons. The molecule has 3 nitrogen and oxygen atoms in total. The lowest BCUT2D eigenvalue weighted by atomic mass is 10.0. The largest absolute Gasteiger partial charge is 0.388 e. The second kappa shape index (κ2) is 6.08. The summed E-state index contributed by atoms with van der Waals surface area (Å²) in [5.74, 6) is 0. The van der Waals surface area contributed by atoms with Crippen LogP contribution in [0.5, 0.6) is 0 Å². The van der Waals surface area contributed by atoms with Gasteiger partial charge < -0.3 is 5.11 Å². The lowest BCUT2D eigenvalue weighted by molar-refractivity contribution is 0.175. The van der Waals surface area contributed by atoms with Crippen molar-refractivity contribution in [3.8, 4) is 0 Å². The molecule has 2 rings (SSSR count). The van der Waals surface area contributed by atoms with Gasteiger partial charge in [-0.05, 0) is 40.5 Å². The molecule has 0 spiro atoms. The molecule has 0 aliphatic carbocycles. The second-order valence-corrected chi connectivity index (χ2v) is 6.92. The maximum atomic E-state index is 10.4. The first-order valence-electron chi connectivity index (χ1n) is 5.71. The summed E-state index contributed by atoms with van der Waals surface area (Å²) in [6.07, 6.45) is -0.0633. The maximum absolute atomic E-state index is 10.4. The van der Waals surface area contributed by atoms with Crippen LogP contribution in [0.15, 0.2) is 31.6 Å². The first-order valence-corrected chi connectivity index (χ1v) is 8.09. The zero-order valence-electron chi connectivity index (χ0n) is 10.5. The molecule has 1 aromatic heterocycles.